The molecule has 158 valence electrons. The van der Waals surface area contributed by atoms with E-state index in [4.69, 9.17) is 9.47 Å². The fourth-order valence-electron chi connectivity index (χ4n) is 3.62. The van der Waals surface area contributed by atoms with Crippen molar-refractivity contribution in [3.05, 3.63) is 65.2 Å². The lowest BCUT2D eigenvalue weighted by Crippen LogP contribution is -2.34. The molecule has 0 bridgehead atoms. The Morgan fingerprint density at radius 2 is 2.00 bits per heavy atom. The summed E-state index contributed by atoms with van der Waals surface area (Å²) in [4.78, 5) is 11.5. The van der Waals surface area contributed by atoms with Crippen LogP contribution in [0.3, 0.4) is 0 Å². The third kappa shape index (κ3) is 7.03. The van der Waals surface area contributed by atoms with Crippen molar-refractivity contribution < 1.29 is 19.4 Å². The Hall–Kier alpha value is -2.08. The number of esters is 1. The zero-order valence-corrected chi connectivity index (χ0v) is 17.6. The highest BCUT2D eigenvalue weighted by atomic mass is 35.5. The minimum atomic E-state index is -0.511. The van der Waals surface area contributed by atoms with Crippen LogP contribution in [-0.4, -0.2) is 36.9 Å². The molecule has 5 nitrogen and oxygen atoms in total. The quantitative estimate of drug-likeness (QED) is 0.505. The van der Waals surface area contributed by atoms with Crippen LogP contribution in [0.5, 0.6) is 5.75 Å². The number of carbonyl (C=O) groups is 1. The maximum Gasteiger partial charge on any atom is 0.344 e. The number of aliphatic hydroxyl groups is 1. The highest BCUT2D eigenvalue weighted by Crippen LogP contribution is 2.25. The van der Waals surface area contributed by atoms with E-state index in [-0.39, 0.29) is 25.0 Å². The Bertz CT molecular complexity index is 769. The summed E-state index contributed by atoms with van der Waals surface area (Å²) >= 11 is 0. The lowest BCUT2D eigenvalue weighted by molar-refractivity contribution is -0.145. The van der Waals surface area contributed by atoms with Gasteiger partial charge in [-0.3, -0.25) is 0 Å². The molecule has 6 heteroatoms. The van der Waals surface area contributed by atoms with E-state index in [1.807, 2.05) is 42.5 Å². The summed E-state index contributed by atoms with van der Waals surface area (Å²) in [5.74, 6) is 0.337. The van der Waals surface area contributed by atoms with Gasteiger partial charge in [-0.05, 0) is 61.4 Å². The van der Waals surface area contributed by atoms with Crippen molar-refractivity contribution >= 4 is 18.4 Å². The Morgan fingerprint density at radius 3 is 2.76 bits per heavy atom. The van der Waals surface area contributed by atoms with Crippen LogP contribution in [0.2, 0.25) is 0 Å². The summed E-state index contributed by atoms with van der Waals surface area (Å²) < 4.78 is 10.5. The SMILES string of the molecule is CCOC(=O)COc1ccc2c(c1)CC(NCC(O)c1ccccc1)CCC2.Cl. The normalized spacial score (nSPS) is 16.7. The largest absolute Gasteiger partial charge is 0.482 e. The molecule has 29 heavy (non-hydrogen) atoms. The molecule has 0 saturated carbocycles. The van der Waals surface area contributed by atoms with Gasteiger partial charge in [-0.1, -0.05) is 36.4 Å². The first-order chi connectivity index (χ1) is 13.7. The average Bonchev–Trinajstić information content (AvgIpc) is 2.92. The van der Waals surface area contributed by atoms with Crippen molar-refractivity contribution in [3.63, 3.8) is 0 Å². The van der Waals surface area contributed by atoms with Crippen LogP contribution in [0.4, 0.5) is 0 Å². The predicted octanol–water partition coefficient (Wildman–Crippen LogP) is 3.62. The Morgan fingerprint density at radius 1 is 1.21 bits per heavy atom. The van der Waals surface area contributed by atoms with Gasteiger partial charge in [-0.15, -0.1) is 12.4 Å². The first-order valence-corrected chi connectivity index (χ1v) is 10.0. The van der Waals surface area contributed by atoms with E-state index in [1.54, 1.807) is 6.92 Å². The van der Waals surface area contributed by atoms with Gasteiger partial charge < -0.3 is 19.9 Å². The third-order valence-corrected chi connectivity index (χ3v) is 5.09. The molecule has 2 unspecified atom stereocenters. The second-order valence-corrected chi connectivity index (χ2v) is 7.15. The van der Waals surface area contributed by atoms with Gasteiger partial charge in [0.1, 0.15) is 5.75 Å². The van der Waals surface area contributed by atoms with Gasteiger partial charge in [0, 0.05) is 12.6 Å². The molecule has 2 N–H and O–H groups in total. The van der Waals surface area contributed by atoms with Crippen molar-refractivity contribution in [2.24, 2.45) is 0 Å². The number of hydrogen-bond donors (Lipinski definition) is 2. The molecule has 0 aliphatic heterocycles. The van der Waals surface area contributed by atoms with E-state index in [9.17, 15) is 9.90 Å². The second-order valence-electron chi connectivity index (χ2n) is 7.15. The summed E-state index contributed by atoms with van der Waals surface area (Å²) in [5.41, 5.74) is 3.50. The number of halogens is 1. The van der Waals surface area contributed by atoms with Crippen LogP contribution >= 0.6 is 12.4 Å². The topological polar surface area (TPSA) is 67.8 Å². The Balaban J connectivity index is 0.00000300. The molecule has 0 aromatic heterocycles. The molecule has 0 radical (unpaired) electrons. The fourth-order valence-corrected chi connectivity index (χ4v) is 3.62. The van der Waals surface area contributed by atoms with E-state index >= 15 is 0 Å². The van der Waals surface area contributed by atoms with Crippen molar-refractivity contribution in [1.29, 1.82) is 0 Å². The highest BCUT2D eigenvalue weighted by molar-refractivity contribution is 5.85. The van der Waals surface area contributed by atoms with Crippen molar-refractivity contribution in [1.82, 2.24) is 5.32 Å². The van der Waals surface area contributed by atoms with Gasteiger partial charge in [0.15, 0.2) is 6.61 Å². The van der Waals surface area contributed by atoms with Gasteiger partial charge in [-0.25, -0.2) is 4.79 Å². The predicted molar refractivity (Wildman–Crippen MR) is 116 cm³/mol. The van der Waals surface area contributed by atoms with E-state index in [0.29, 0.717) is 24.9 Å². The number of hydrogen-bond acceptors (Lipinski definition) is 5. The van der Waals surface area contributed by atoms with Crippen LogP contribution in [0.25, 0.3) is 0 Å². The molecule has 0 amide bonds. The molecule has 2 aromatic rings. The molecular formula is C23H30ClNO4. The van der Waals surface area contributed by atoms with Gasteiger partial charge in [0.25, 0.3) is 0 Å². The Labute approximate surface area is 178 Å². The van der Waals surface area contributed by atoms with Crippen LogP contribution in [0.1, 0.15) is 42.6 Å². The van der Waals surface area contributed by atoms with Crippen molar-refractivity contribution in [3.8, 4) is 5.75 Å². The number of benzene rings is 2. The summed E-state index contributed by atoms with van der Waals surface area (Å²) in [6.45, 7) is 2.59. The molecule has 3 rings (SSSR count). The zero-order valence-electron chi connectivity index (χ0n) is 16.8. The van der Waals surface area contributed by atoms with Crippen LogP contribution in [0, 0.1) is 0 Å². The molecule has 1 aliphatic rings. The van der Waals surface area contributed by atoms with Crippen LogP contribution in [0.15, 0.2) is 48.5 Å². The van der Waals surface area contributed by atoms with E-state index < -0.39 is 6.10 Å². The van der Waals surface area contributed by atoms with Crippen LogP contribution < -0.4 is 10.1 Å². The maximum absolute atomic E-state index is 11.5. The number of nitrogens with one attached hydrogen (secondary N) is 1. The van der Waals surface area contributed by atoms with Gasteiger partial charge in [0.2, 0.25) is 0 Å². The number of aryl methyl sites for hydroxylation is 1. The summed E-state index contributed by atoms with van der Waals surface area (Å²) in [6.07, 6.45) is 3.58. The first kappa shape index (κ1) is 23.2. The number of ether oxygens (including phenoxy) is 2. The average molecular weight is 420 g/mol. The van der Waals surface area contributed by atoms with Crippen LogP contribution in [-0.2, 0) is 22.4 Å². The minimum absolute atomic E-state index is 0. The number of rotatable bonds is 8. The lowest BCUT2D eigenvalue weighted by Gasteiger charge is -2.20. The molecule has 1 aliphatic carbocycles. The molecule has 2 atom stereocenters. The Kier molecular flexibility index (Phi) is 9.45. The monoisotopic (exact) mass is 419 g/mol. The third-order valence-electron chi connectivity index (χ3n) is 5.09. The van der Waals surface area contributed by atoms with Gasteiger partial charge in [-0.2, -0.15) is 0 Å². The maximum atomic E-state index is 11.5. The smallest absolute Gasteiger partial charge is 0.344 e. The minimum Gasteiger partial charge on any atom is -0.482 e. The molecule has 0 spiro atoms. The molecule has 0 saturated heterocycles. The zero-order chi connectivity index (χ0) is 19.8. The van der Waals surface area contributed by atoms with E-state index in [1.165, 1.54) is 11.1 Å². The fraction of sp³-hybridized carbons (Fsp3) is 0.435. The summed E-state index contributed by atoms with van der Waals surface area (Å²) in [7, 11) is 0. The molecular weight excluding hydrogens is 390 g/mol. The molecule has 2 aromatic carbocycles. The number of fused-ring (bicyclic) bond motifs is 1. The van der Waals surface area contributed by atoms with Crippen molar-refractivity contribution in [2.75, 3.05) is 19.8 Å². The van der Waals surface area contributed by atoms with E-state index in [0.717, 1.165) is 31.2 Å². The number of carbonyl (C=O) groups excluding carboxylic acids is 1. The number of aliphatic hydroxyl groups excluding tert-OH is 1. The van der Waals surface area contributed by atoms with Crippen molar-refractivity contribution in [2.45, 2.75) is 44.8 Å². The second kappa shape index (κ2) is 11.8. The van der Waals surface area contributed by atoms with Gasteiger partial charge >= 0.3 is 5.97 Å². The first-order valence-electron chi connectivity index (χ1n) is 10.0. The molecule has 0 heterocycles. The summed E-state index contributed by atoms with van der Waals surface area (Å²) in [5, 5.41) is 13.9. The standard InChI is InChI=1S/C23H29NO4.ClH/c1-2-27-23(26)16-28-21-12-11-17-9-6-10-20(13-19(17)14-21)24-15-22(25)18-7-4-3-5-8-18;/h3-5,7-8,11-12,14,20,22,24-25H,2,6,9-10,13,15-16H2,1H3;1H. The van der Waals surface area contributed by atoms with E-state index in [2.05, 4.69) is 11.4 Å². The highest BCUT2D eigenvalue weighted by Gasteiger charge is 2.18. The molecule has 0 fully saturated rings. The van der Waals surface area contributed by atoms with Gasteiger partial charge in [0.05, 0.1) is 12.7 Å². The summed E-state index contributed by atoms with van der Waals surface area (Å²) in [6, 6.07) is 16.1. The lowest BCUT2D eigenvalue weighted by atomic mass is 10.0.